The third kappa shape index (κ3) is 4.39. The Bertz CT molecular complexity index is 627. The highest BCUT2D eigenvalue weighted by atomic mass is 35.5. The van der Waals surface area contributed by atoms with Gasteiger partial charge >= 0.3 is 0 Å². The van der Waals surface area contributed by atoms with Crippen molar-refractivity contribution in [3.8, 4) is 5.75 Å². The highest BCUT2D eigenvalue weighted by molar-refractivity contribution is 6.30. The van der Waals surface area contributed by atoms with Crippen molar-refractivity contribution in [1.82, 2.24) is 0 Å². The molecule has 110 valence electrons. The van der Waals surface area contributed by atoms with Crippen LogP contribution in [0.1, 0.15) is 12.5 Å². The summed E-state index contributed by atoms with van der Waals surface area (Å²) in [7, 11) is 0. The van der Waals surface area contributed by atoms with E-state index >= 15 is 0 Å². The van der Waals surface area contributed by atoms with Gasteiger partial charge in [0, 0.05) is 16.4 Å². The molecule has 0 saturated carbocycles. The minimum Gasteiger partial charge on any atom is -0.484 e. The van der Waals surface area contributed by atoms with Gasteiger partial charge in [-0.3, -0.25) is 4.79 Å². The summed E-state index contributed by atoms with van der Waals surface area (Å²) < 4.78 is 5.37. The van der Waals surface area contributed by atoms with E-state index in [0.717, 1.165) is 12.0 Å². The molecule has 2 aromatic rings. The number of halogens is 1. The lowest BCUT2D eigenvalue weighted by atomic mass is 10.1. The van der Waals surface area contributed by atoms with Crippen LogP contribution in [0.5, 0.6) is 5.75 Å². The van der Waals surface area contributed by atoms with Crippen molar-refractivity contribution in [2.45, 2.75) is 13.3 Å². The summed E-state index contributed by atoms with van der Waals surface area (Å²) in [6.45, 7) is 1.96. The molecule has 0 saturated heterocycles. The van der Waals surface area contributed by atoms with Crippen LogP contribution in [0.2, 0.25) is 5.02 Å². The molecule has 4 nitrogen and oxygen atoms in total. The zero-order chi connectivity index (χ0) is 15.2. The second-order valence-corrected chi connectivity index (χ2v) is 4.99. The zero-order valence-corrected chi connectivity index (χ0v) is 12.5. The van der Waals surface area contributed by atoms with Crippen molar-refractivity contribution in [1.29, 1.82) is 0 Å². The first-order chi connectivity index (χ1) is 10.1. The first-order valence-corrected chi connectivity index (χ1v) is 7.03. The van der Waals surface area contributed by atoms with Crippen LogP contribution in [-0.2, 0) is 11.2 Å². The van der Waals surface area contributed by atoms with Gasteiger partial charge in [0.2, 0.25) is 0 Å². The predicted octanol–water partition coefficient (Wildman–Crippen LogP) is 3.50. The largest absolute Gasteiger partial charge is 0.484 e. The fraction of sp³-hybridized carbons (Fsp3) is 0.188. The number of carbonyl (C=O) groups excluding carboxylic acids is 1. The van der Waals surface area contributed by atoms with Crippen LogP contribution < -0.4 is 15.8 Å². The lowest BCUT2D eigenvalue weighted by molar-refractivity contribution is -0.118. The van der Waals surface area contributed by atoms with Gasteiger partial charge in [-0.1, -0.05) is 24.6 Å². The predicted molar refractivity (Wildman–Crippen MR) is 85.8 cm³/mol. The lowest BCUT2D eigenvalue weighted by Gasteiger charge is -2.09. The van der Waals surface area contributed by atoms with Gasteiger partial charge in [-0.2, -0.15) is 0 Å². The third-order valence-electron chi connectivity index (χ3n) is 2.99. The number of anilines is 2. The smallest absolute Gasteiger partial charge is 0.262 e. The molecule has 0 radical (unpaired) electrons. The van der Waals surface area contributed by atoms with Gasteiger partial charge in [0.25, 0.3) is 5.91 Å². The van der Waals surface area contributed by atoms with Gasteiger partial charge in [0.15, 0.2) is 6.61 Å². The number of aryl methyl sites for hydroxylation is 1. The fourth-order valence-corrected chi connectivity index (χ4v) is 2.00. The number of nitrogens with one attached hydrogen (secondary N) is 1. The van der Waals surface area contributed by atoms with Crippen molar-refractivity contribution >= 4 is 28.9 Å². The van der Waals surface area contributed by atoms with E-state index in [1.54, 1.807) is 30.3 Å². The number of carbonyl (C=O) groups is 1. The number of hydrogen-bond acceptors (Lipinski definition) is 3. The van der Waals surface area contributed by atoms with Crippen molar-refractivity contribution in [2.24, 2.45) is 0 Å². The fourth-order valence-electron chi connectivity index (χ4n) is 1.87. The molecule has 0 aliphatic carbocycles. The summed E-state index contributed by atoms with van der Waals surface area (Å²) in [5.41, 5.74) is 8.29. The standard InChI is InChI=1S/C16H17ClN2O2/c1-2-11-3-6-13(9-15(11)18)19-16(20)10-21-14-7-4-12(17)5-8-14/h3-9H,2,10,18H2,1H3,(H,19,20). The minimum atomic E-state index is -0.242. The summed E-state index contributed by atoms with van der Waals surface area (Å²) in [6.07, 6.45) is 0.861. The molecule has 0 heterocycles. The summed E-state index contributed by atoms with van der Waals surface area (Å²) in [6, 6.07) is 12.3. The van der Waals surface area contributed by atoms with Gasteiger partial charge in [0.1, 0.15) is 5.75 Å². The van der Waals surface area contributed by atoms with E-state index in [-0.39, 0.29) is 12.5 Å². The summed E-state index contributed by atoms with van der Waals surface area (Å²) >= 11 is 5.77. The average molecular weight is 305 g/mol. The maximum atomic E-state index is 11.8. The van der Waals surface area contributed by atoms with E-state index in [1.807, 2.05) is 19.1 Å². The molecule has 21 heavy (non-hydrogen) atoms. The molecular formula is C16H17ClN2O2. The van der Waals surface area contributed by atoms with Crippen LogP contribution in [0.25, 0.3) is 0 Å². The summed E-state index contributed by atoms with van der Waals surface area (Å²) in [4.78, 5) is 11.8. The van der Waals surface area contributed by atoms with E-state index in [0.29, 0.717) is 22.1 Å². The molecule has 0 bridgehead atoms. The van der Waals surface area contributed by atoms with E-state index in [2.05, 4.69) is 5.32 Å². The van der Waals surface area contributed by atoms with E-state index in [1.165, 1.54) is 0 Å². The van der Waals surface area contributed by atoms with Crippen LogP contribution in [0.4, 0.5) is 11.4 Å². The molecule has 1 amide bonds. The van der Waals surface area contributed by atoms with Gasteiger partial charge in [-0.25, -0.2) is 0 Å². The number of hydrogen-bond donors (Lipinski definition) is 2. The number of benzene rings is 2. The highest BCUT2D eigenvalue weighted by Crippen LogP contribution is 2.19. The topological polar surface area (TPSA) is 64.3 Å². The van der Waals surface area contributed by atoms with E-state index in [4.69, 9.17) is 22.1 Å². The molecule has 2 rings (SSSR count). The zero-order valence-electron chi connectivity index (χ0n) is 11.7. The van der Waals surface area contributed by atoms with Crippen molar-refractivity contribution in [3.63, 3.8) is 0 Å². The second-order valence-electron chi connectivity index (χ2n) is 4.56. The van der Waals surface area contributed by atoms with Crippen LogP contribution in [0, 0.1) is 0 Å². The molecule has 0 fully saturated rings. The van der Waals surface area contributed by atoms with Gasteiger partial charge in [0.05, 0.1) is 0 Å². The number of ether oxygens (including phenoxy) is 1. The van der Waals surface area contributed by atoms with Crippen LogP contribution in [0.15, 0.2) is 42.5 Å². The average Bonchev–Trinajstić information content (AvgIpc) is 2.47. The second kappa shape index (κ2) is 6.99. The Kier molecular flexibility index (Phi) is 5.06. The van der Waals surface area contributed by atoms with Crippen LogP contribution in [0.3, 0.4) is 0 Å². The number of nitrogen functional groups attached to an aromatic ring is 1. The Morgan fingerprint density at radius 3 is 2.57 bits per heavy atom. The van der Waals surface area contributed by atoms with Crippen molar-refractivity contribution in [3.05, 3.63) is 53.1 Å². The van der Waals surface area contributed by atoms with Gasteiger partial charge in [-0.05, 0) is 48.4 Å². The van der Waals surface area contributed by atoms with E-state index in [9.17, 15) is 4.79 Å². The summed E-state index contributed by atoms with van der Waals surface area (Å²) in [5, 5.41) is 3.37. The van der Waals surface area contributed by atoms with E-state index < -0.39 is 0 Å². The molecule has 0 atom stereocenters. The molecule has 0 aromatic heterocycles. The normalized spacial score (nSPS) is 10.2. The van der Waals surface area contributed by atoms with Crippen molar-refractivity contribution in [2.75, 3.05) is 17.7 Å². The lowest BCUT2D eigenvalue weighted by Crippen LogP contribution is -2.20. The minimum absolute atomic E-state index is 0.0724. The molecule has 0 unspecified atom stereocenters. The molecule has 0 spiro atoms. The molecule has 5 heteroatoms. The first-order valence-electron chi connectivity index (χ1n) is 6.65. The number of nitrogens with two attached hydrogens (primary N) is 1. The van der Waals surface area contributed by atoms with Gasteiger partial charge < -0.3 is 15.8 Å². The Labute approximate surface area is 128 Å². The SMILES string of the molecule is CCc1ccc(NC(=O)COc2ccc(Cl)cc2)cc1N. The summed E-state index contributed by atoms with van der Waals surface area (Å²) in [5.74, 6) is 0.351. The van der Waals surface area contributed by atoms with Gasteiger partial charge in [-0.15, -0.1) is 0 Å². The molecule has 0 aliphatic rings. The third-order valence-corrected chi connectivity index (χ3v) is 3.25. The van der Waals surface area contributed by atoms with Crippen LogP contribution in [-0.4, -0.2) is 12.5 Å². The maximum absolute atomic E-state index is 11.8. The first kappa shape index (κ1) is 15.2. The monoisotopic (exact) mass is 304 g/mol. The Hall–Kier alpha value is -2.20. The van der Waals surface area contributed by atoms with Crippen molar-refractivity contribution < 1.29 is 9.53 Å². The Morgan fingerprint density at radius 1 is 1.24 bits per heavy atom. The maximum Gasteiger partial charge on any atom is 0.262 e. The molecule has 0 aliphatic heterocycles. The molecule has 2 aromatic carbocycles. The Morgan fingerprint density at radius 2 is 1.95 bits per heavy atom. The quantitative estimate of drug-likeness (QED) is 0.831. The number of amides is 1. The number of rotatable bonds is 5. The molecule has 3 N–H and O–H groups in total. The highest BCUT2D eigenvalue weighted by Gasteiger charge is 2.05. The van der Waals surface area contributed by atoms with Crippen LogP contribution >= 0.6 is 11.6 Å². The Balaban J connectivity index is 1.89. The molecular weight excluding hydrogens is 288 g/mol.